The zero-order chi connectivity index (χ0) is 16.5. The topological polar surface area (TPSA) is 104 Å². The van der Waals surface area contributed by atoms with Crippen LogP contribution >= 0.6 is 0 Å². The van der Waals surface area contributed by atoms with Crippen molar-refractivity contribution >= 4 is 21.8 Å². The summed E-state index contributed by atoms with van der Waals surface area (Å²) in [6.45, 7) is 5.32. The molecule has 0 fully saturated rings. The van der Waals surface area contributed by atoms with Crippen molar-refractivity contribution in [1.29, 1.82) is 0 Å². The first kappa shape index (κ1) is 16.0. The third kappa shape index (κ3) is 2.57. The van der Waals surface area contributed by atoms with E-state index >= 15 is 0 Å². The molecule has 0 saturated carbocycles. The predicted octanol–water partition coefficient (Wildman–Crippen LogP) is 1.50. The summed E-state index contributed by atoms with van der Waals surface area (Å²) in [7, 11) is -3.98. The summed E-state index contributed by atoms with van der Waals surface area (Å²) in [4.78, 5) is 11.8. The molecule has 1 aromatic heterocycles. The standard InChI is InChI=1S/C14H17N3O4S/c1-4-21-14(18)11-8-16-17(13(11)15)22(19,20)12-7-5-6-9(2)10(12)3/h5-8H,4,15H2,1-3H3. The number of hydrogen-bond acceptors (Lipinski definition) is 6. The summed E-state index contributed by atoms with van der Waals surface area (Å²) >= 11 is 0. The fourth-order valence-electron chi connectivity index (χ4n) is 2.00. The molecule has 0 radical (unpaired) electrons. The highest BCUT2D eigenvalue weighted by atomic mass is 32.2. The summed E-state index contributed by atoms with van der Waals surface area (Å²) in [5, 5.41) is 3.74. The molecular weight excluding hydrogens is 306 g/mol. The molecule has 1 aromatic carbocycles. The lowest BCUT2D eigenvalue weighted by Gasteiger charge is -2.11. The molecule has 0 amide bonds. The van der Waals surface area contributed by atoms with Gasteiger partial charge in [0.15, 0.2) is 5.82 Å². The van der Waals surface area contributed by atoms with Crippen LogP contribution in [0.15, 0.2) is 29.3 Å². The summed E-state index contributed by atoms with van der Waals surface area (Å²) in [6, 6.07) is 4.93. The van der Waals surface area contributed by atoms with Crippen molar-refractivity contribution in [2.24, 2.45) is 0 Å². The third-order valence-corrected chi connectivity index (χ3v) is 5.07. The van der Waals surface area contributed by atoms with Crippen LogP contribution in [0, 0.1) is 13.8 Å². The molecule has 0 bridgehead atoms. The number of ether oxygens (including phenoxy) is 1. The SMILES string of the molecule is CCOC(=O)c1cnn(S(=O)(=O)c2cccc(C)c2C)c1N. The Morgan fingerprint density at radius 1 is 1.36 bits per heavy atom. The van der Waals surface area contributed by atoms with Gasteiger partial charge in [-0.15, -0.1) is 4.09 Å². The second-order valence-electron chi connectivity index (χ2n) is 4.71. The fourth-order valence-corrected chi connectivity index (χ4v) is 3.51. The number of aryl methyl sites for hydroxylation is 1. The molecular formula is C14H17N3O4S. The molecule has 7 nitrogen and oxygen atoms in total. The summed E-state index contributed by atoms with van der Waals surface area (Å²) < 4.78 is 30.8. The minimum absolute atomic E-state index is 0.0734. The van der Waals surface area contributed by atoms with Gasteiger partial charge in [0, 0.05) is 0 Å². The number of nitrogens with zero attached hydrogens (tertiary/aromatic N) is 2. The summed E-state index contributed by atoms with van der Waals surface area (Å²) in [5.74, 6) is -0.971. The first-order chi connectivity index (χ1) is 10.3. The summed E-state index contributed by atoms with van der Waals surface area (Å²) in [5.41, 5.74) is 7.13. The van der Waals surface area contributed by atoms with E-state index in [0.29, 0.717) is 9.65 Å². The van der Waals surface area contributed by atoms with E-state index in [4.69, 9.17) is 10.5 Å². The van der Waals surface area contributed by atoms with Gasteiger partial charge in [-0.25, -0.2) is 4.79 Å². The van der Waals surface area contributed by atoms with Crippen molar-refractivity contribution in [2.75, 3.05) is 12.3 Å². The van der Waals surface area contributed by atoms with Crippen molar-refractivity contribution in [3.05, 3.63) is 41.1 Å². The Balaban J connectivity index is 2.56. The number of carbonyl (C=O) groups is 1. The normalized spacial score (nSPS) is 11.4. The Labute approximate surface area is 128 Å². The highest BCUT2D eigenvalue weighted by Gasteiger charge is 2.26. The van der Waals surface area contributed by atoms with Gasteiger partial charge in [0.05, 0.1) is 17.7 Å². The number of carbonyl (C=O) groups excluding carboxylic acids is 1. The van der Waals surface area contributed by atoms with Crippen LogP contribution in [0.1, 0.15) is 28.4 Å². The molecule has 2 N–H and O–H groups in total. The number of esters is 1. The van der Waals surface area contributed by atoms with Crippen molar-refractivity contribution in [1.82, 2.24) is 9.19 Å². The molecule has 0 aliphatic heterocycles. The van der Waals surface area contributed by atoms with Crippen LogP contribution in [0.2, 0.25) is 0 Å². The fraction of sp³-hybridized carbons (Fsp3) is 0.286. The predicted molar refractivity (Wildman–Crippen MR) is 81.1 cm³/mol. The van der Waals surface area contributed by atoms with Crippen LogP contribution < -0.4 is 5.73 Å². The van der Waals surface area contributed by atoms with Crippen LogP contribution in [0.3, 0.4) is 0 Å². The number of benzene rings is 1. The number of nitrogen functional groups attached to an aromatic ring is 1. The molecule has 0 spiro atoms. The Morgan fingerprint density at radius 2 is 2.05 bits per heavy atom. The van der Waals surface area contributed by atoms with E-state index in [9.17, 15) is 13.2 Å². The van der Waals surface area contributed by atoms with Gasteiger partial charge in [-0.3, -0.25) is 0 Å². The number of hydrogen-bond donors (Lipinski definition) is 1. The second-order valence-corrected chi connectivity index (χ2v) is 6.45. The molecule has 0 saturated heterocycles. The van der Waals surface area contributed by atoms with Crippen LogP contribution in [-0.4, -0.2) is 30.2 Å². The lowest BCUT2D eigenvalue weighted by Crippen LogP contribution is -2.19. The third-order valence-electron chi connectivity index (χ3n) is 3.33. The molecule has 0 unspecified atom stereocenters. The number of nitrogens with two attached hydrogens (primary N) is 1. The van der Waals surface area contributed by atoms with E-state index in [1.54, 1.807) is 19.9 Å². The lowest BCUT2D eigenvalue weighted by molar-refractivity contribution is 0.0527. The maximum atomic E-state index is 12.7. The van der Waals surface area contributed by atoms with E-state index in [-0.39, 0.29) is 22.9 Å². The van der Waals surface area contributed by atoms with E-state index in [0.717, 1.165) is 11.8 Å². The van der Waals surface area contributed by atoms with E-state index in [1.807, 2.05) is 13.0 Å². The highest BCUT2D eigenvalue weighted by molar-refractivity contribution is 7.90. The molecule has 2 rings (SSSR count). The average Bonchev–Trinajstić information content (AvgIpc) is 2.84. The molecule has 1 heterocycles. The van der Waals surface area contributed by atoms with Gasteiger partial charge in [-0.05, 0) is 38.0 Å². The van der Waals surface area contributed by atoms with Crippen molar-refractivity contribution < 1.29 is 17.9 Å². The van der Waals surface area contributed by atoms with E-state index in [2.05, 4.69) is 5.10 Å². The van der Waals surface area contributed by atoms with E-state index in [1.165, 1.54) is 6.07 Å². The van der Waals surface area contributed by atoms with Gasteiger partial charge >= 0.3 is 5.97 Å². The monoisotopic (exact) mass is 323 g/mol. The lowest BCUT2D eigenvalue weighted by atomic mass is 10.1. The van der Waals surface area contributed by atoms with Crippen LogP contribution in [-0.2, 0) is 14.8 Å². The van der Waals surface area contributed by atoms with E-state index < -0.39 is 16.0 Å². The van der Waals surface area contributed by atoms with Gasteiger partial charge in [-0.2, -0.15) is 13.5 Å². The maximum absolute atomic E-state index is 12.7. The Morgan fingerprint density at radius 3 is 2.68 bits per heavy atom. The molecule has 22 heavy (non-hydrogen) atoms. The first-order valence-corrected chi connectivity index (χ1v) is 8.07. The zero-order valence-corrected chi connectivity index (χ0v) is 13.3. The molecule has 118 valence electrons. The van der Waals surface area contributed by atoms with Crippen molar-refractivity contribution in [3.8, 4) is 0 Å². The maximum Gasteiger partial charge on any atom is 0.343 e. The minimum atomic E-state index is -3.98. The zero-order valence-electron chi connectivity index (χ0n) is 12.5. The van der Waals surface area contributed by atoms with Gasteiger partial charge in [0.25, 0.3) is 10.0 Å². The quantitative estimate of drug-likeness (QED) is 0.855. The van der Waals surface area contributed by atoms with Crippen molar-refractivity contribution in [2.45, 2.75) is 25.7 Å². The Hall–Kier alpha value is -2.35. The van der Waals surface area contributed by atoms with Gasteiger partial charge in [0.2, 0.25) is 0 Å². The van der Waals surface area contributed by atoms with Crippen LogP contribution in [0.5, 0.6) is 0 Å². The number of aromatic nitrogens is 2. The Kier molecular flexibility index (Phi) is 4.23. The molecule has 2 aromatic rings. The summed E-state index contributed by atoms with van der Waals surface area (Å²) in [6.07, 6.45) is 1.09. The number of anilines is 1. The largest absolute Gasteiger partial charge is 0.462 e. The van der Waals surface area contributed by atoms with Crippen LogP contribution in [0.4, 0.5) is 5.82 Å². The molecule has 0 aliphatic rings. The average molecular weight is 323 g/mol. The molecule has 8 heteroatoms. The second kappa shape index (κ2) is 5.80. The van der Waals surface area contributed by atoms with Gasteiger partial charge in [-0.1, -0.05) is 12.1 Å². The highest BCUT2D eigenvalue weighted by Crippen LogP contribution is 2.24. The molecule has 0 atom stereocenters. The molecule has 0 aliphatic carbocycles. The minimum Gasteiger partial charge on any atom is -0.462 e. The first-order valence-electron chi connectivity index (χ1n) is 6.63. The van der Waals surface area contributed by atoms with Gasteiger partial charge in [0.1, 0.15) is 5.56 Å². The number of rotatable bonds is 4. The Bertz CT molecular complexity index is 825. The smallest absolute Gasteiger partial charge is 0.343 e. The van der Waals surface area contributed by atoms with Crippen LogP contribution in [0.25, 0.3) is 0 Å². The van der Waals surface area contributed by atoms with Gasteiger partial charge < -0.3 is 10.5 Å². The van der Waals surface area contributed by atoms with Crippen molar-refractivity contribution in [3.63, 3.8) is 0 Å².